The molecule has 0 aliphatic heterocycles. The fourth-order valence-electron chi connectivity index (χ4n) is 2.31. The molecule has 1 N–H and O–H groups in total. The molecule has 0 heterocycles. The first-order valence-corrected chi connectivity index (χ1v) is 8.34. The topological polar surface area (TPSA) is 95.5 Å². The highest BCUT2D eigenvalue weighted by Crippen LogP contribution is 2.26. The van der Waals surface area contributed by atoms with Crippen LogP contribution in [0.3, 0.4) is 0 Å². The molecule has 0 aliphatic rings. The summed E-state index contributed by atoms with van der Waals surface area (Å²) < 4.78 is 15.0. The van der Waals surface area contributed by atoms with Crippen molar-refractivity contribution in [1.29, 1.82) is 0 Å². The van der Waals surface area contributed by atoms with Crippen LogP contribution in [0.4, 0.5) is 5.69 Å². The third-order valence-corrected chi connectivity index (χ3v) is 3.81. The van der Waals surface area contributed by atoms with Crippen molar-refractivity contribution in [2.75, 3.05) is 33.3 Å². The molecule has 0 spiro atoms. The number of aryl methyl sites for hydroxylation is 1. The van der Waals surface area contributed by atoms with Gasteiger partial charge >= 0.3 is 5.97 Å². The van der Waals surface area contributed by atoms with Crippen LogP contribution in [-0.4, -0.2) is 46.0 Å². The number of methoxy groups -OCH3 is 3. The monoisotopic (exact) mass is 386 g/mol. The Morgan fingerprint density at radius 1 is 1.04 bits per heavy atom. The highest BCUT2D eigenvalue weighted by molar-refractivity contribution is 5.95. The first-order valence-electron chi connectivity index (χ1n) is 8.34. The number of carbonyl (C=O) groups is 2. The minimum atomic E-state index is -0.480. The van der Waals surface area contributed by atoms with Crippen LogP contribution >= 0.6 is 0 Å². The van der Waals surface area contributed by atoms with Gasteiger partial charge in [-0.1, -0.05) is 11.2 Å². The van der Waals surface area contributed by atoms with Gasteiger partial charge in [0, 0.05) is 11.3 Å². The SMILES string of the molecule is COC(=O)c1ccc(C)c(NC(=O)CO/N=C\c2ccc(OC)c(OC)c2)c1. The van der Waals surface area contributed by atoms with E-state index >= 15 is 0 Å². The second kappa shape index (κ2) is 9.96. The molecule has 0 fully saturated rings. The Hall–Kier alpha value is -3.55. The fraction of sp³-hybridized carbons (Fsp3) is 0.250. The minimum absolute atomic E-state index is 0.286. The van der Waals surface area contributed by atoms with E-state index in [-0.39, 0.29) is 6.61 Å². The van der Waals surface area contributed by atoms with Crippen LogP contribution in [0.2, 0.25) is 0 Å². The molecular formula is C20H22N2O6. The standard InChI is InChI=1S/C20H22N2O6/c1-13-5-7-15(20(24)27-4)10-16(13)22-19(23)12-28-21-11-14-6-8-17(25-2)18(9-14)26-3/h5-11H,12H2,1-4H3,(H,22,23)/b21-11-. The highest BCUT2D eigenvalue weighted by Gasteiger charge is 2.10. The van der Waals surface area contributed by atoms with Crippen molar-refractivity contribution in [3.63, 3.8) is 0 Å². The summed E-state index contributed by atoms with van der Waals surface area (Å²) in [5.74, 6) is 0.274. The van der Waals surface area contributed by atoms with Crippen LogP contribution in [-0.2, 0) is 14.4 Å². The second-order valence-electron chi connectivity index (χ2n) is 5.69. The molecule has 0 bridgehead atoms. The van der Waals surface area contributed by atoms with Crippen molar-refractivity contribution >= 4 is 23.8 Å². The molecule has 28 heavy (non-hydrogen) atoms. The molecule has 2 rings (SSSR count). The molecule has 0 aliphatic carbocycles. The lowest BCUT2D eigenvalue weighted by atomic mass is 10.1. The van der Waals surface area contributed by atoms with Gasteiger partial charge in [0.25, 0.3) is 5.91 Å². The Morgan fingerprint density at radius 2 is 1.79 bits per heavy atom. The molecule has 0 radical (unpaired) electrons. The largest absolute Gasteiger partial charge is 0.493 e. The van der Waals surface area contributed by atoms with Crippen LogP contribution in [0.15, 0.2) is 41.6 Å². The Kier molecular flexibility index (Phi) is 7.38. The van der Waals surface area contributed by atoms with Crippen LogP contribution in [0, 0.1) is 6.92 Å². The maximum Gasteiger partial charge on any atom is 0.337 e. The molecule has 0 aromatic heterocycles. The van der Waals surface area contributed by atoms with E-state index in [4.69, 9.17) is 14.3 Å². The highest BCUT2D eigenvalue weighted by atomic mass is 16.6. The molecule has 1 amide bonds. The molecule has 2 aromatic carbocycles. The Labute approximate surface area is 163 Å². The summed E-state index contributed by atoms with van der Waals surface area (Å²) in [5, 5.41) is 6.46. The summed E-state index contributed by atoms with van der Waals surface area (Å²) in [5.41, 5.74) is 2.37. The van der Waals surface area contributed by atoms with Crippen LogP contribution in [0.5, 0.6) is 11.5 Å². The van der Waals surface area contributed by atoms with Gasteiger partial charge in [-0.3, -0.25) is 4.79 Å². The molecule has 148 valence electrons. The summed E-state index contributed by atoms with van der Waals surface area (Å²) in [4.78, 5) is 28.7. The normalized spacial score (nSPS) is 10.4. The first-order chi connectivity index (χ1) is 13.5. The van der Waals surface area contributed by atoms with Crippen molar-refractivity contribution in [2.24, 2.45) is 5.16 Å². The summed E-state index contributed by atoms with van der Waals surface area (Å²) in [6.07, 6.45) is 1.46. The van der Waals surface area contributed by atoms with Crippen LogP contribution < -0.4 is 14.8 Å². The maximum atomic E-state index is 12.0. The zero-order valence-electron chi connectivity index (χ0n) is 16.1. The maximum absolute atomic E-state index is 12.0. The van der Waals surface area contributed by atoms with Crippen molar-refractivity contribution in [1.82, 2.24) is 0 Å². The molecule has 0 unspecified atom stereocenters. The number of ether oxygens (including phenoxy) is 3. The van der Waals surface area contributed by atoms with Gasteiger partial charge in [-0.05, 0) is 42.8 Å². The third kappa shape index (κ3) is 5.47. The van der Waals surface area contributed by atoms with E-state index in [1.807, 2.05) is 6.92 Å². The Balaban J connectivity index is 1.93. The lowest BCUT2D eigenvalue weighted by Crippen LogP contribution is -2.18. The van der Waals surface area contributed by atoms with Crippen LogP contribution in [0.25, 0.3) is 0 Å². The first kappa shape index (κ1) is 20.8. The Morgan fingerprint density at radius 3 is 2.46 bits per heavy atom. The summed E-state index contributed by atoms with van der Waals surface area (Å²) in [7, 11) is 4.39. The number of hydrogen-bond donors (Lipinski definition) is 1. The van der Waals surface area contributed by atoms with E-state index in [1.165, 1.54) is 20.4 Å². The number of oxime groups is 1. The molecule has 0 atom stereocenters. The van der Waals surface area contributed by atoms with Gasteiger partial charge in [-0.25, -0.2) is 4.79 Å². The van der Waals surface area contributed by atoms with E-state index in [9.17, 15) is 9.59 Å². The number of hydrogen-bond acceptors (Lipinski definition) is 7. The zero-order chi connectivity index (χ0) is 20.5. The summed E-state index contributed by atoms with van der Waals surface area (Å²) in [6.45, 7) is 1.53. The smallest absolute Gasteiger partial charge is 0.337 e. The molecule has 8 nitrogen and oxygen atoms in total. The van der Waals surface area contributed by atoms with Gasteiger partial charge in [0.15, 0.2) is 18.1 Å². The number of nitrogens with one attached hydrogen (secondary N) is 1. The second-order valence-corrected chi connectivity index (χ2v) is 5.69. The number of rotatable bonds is 8. The van der Waals surface area contributed by atoms with Gasteiger partial charge < -0.3 is 24.4 Å². The van der Waals surface area contributed by atoms with Crippen LogP contribution in [0.1, 0.15) is 21.5 Å². The fourth-order valence-corrected chi connectivity index (χ4v) is 2.31. The number of carbonyl (C=O) groups excluding carboxylic acids is 2. The molecular weight excluding hydrogens is 364 g/mol. The van der Waals surface area contributed by atoms with Crippen molar-refractivity contribution in [3.8, 4) is 11.5 Å². The van der Waals surface area contributed by atoms with E-state index in [1.54, 1.807) is 43.5 Å². The molecule has 2 aromatic rings. The van der Waals surface area contributed by atoms with Crippen molar-refractivity contribution in [3.05, 3.63) is 53.1 Å². The average molecular weight is 386 g/mol. The predicted octanol–water partition coefficient (Wildman–Crippen LogP) is 2.79. The van der Waals surface area contributed by atoms with Gasteiger partial charge in [0.2, 0.25) is 0 Å². The number of esters is 1. The lowest BCUT2D eigenvalue weighted by molar-refractivity contribution is -0.120. The summed E-state index contributed by atoms with van der Waals surface area (Å²) in [6, 6.07) is 10.1. The van der Waals surface area contributed by atoms with E-state index < -0.39 is 11.9 Å². The van der Waals surface area contributed by atoms with Gasteiger partial charge in [-0.2, -0.15) is 0 Å². The number of benzene rings is 2. The number of nitrogens with zero attached hydrogens (tertiary/aromatic N) is 1. The third-order valence-electron chi connectivity index (χ3n) is 3.81. The van der Waals surface area contributed by atoms with E-state index in [0.29, 0.717) is 22.7 Å². The minimum Gasteiger partial charge on any atom is -0.493 e. The Bertz CT molecular complexity index is 879. The van der Waals surface area contributed by atoms with Crippen molar-refractivity contribution < 1.29 is 28.6 Å². The molecule has 0 saturated heterocycles. The van der Waals surface area contributed by atoms with E-state index in [2.05, 4.69) is 15.2 Å². The molecule has 0 saturated carbocycles. The average Bonchev–Trinajstić information content (AvgIpc) is 2.71. The quantitative estimate of drug-likeness (QED) is 0.426. The predicted molar refractivity (Wildman–Crippen MR) is 104 cm³/mol. The van der Waals surface area contributed by atoms with Gasteiger partial charge in [0.05, 0.1) is 33.1 Å². The molecule has 8 heteroatoms. The summed E-state index contributed by atoms with van der Waals surface area (Å²) >= 11 is 0. The van der Waals surface area contributed by atoms with Gasteiger partial charge in [-0.15, -0.1) is 0 Å². The van der Waals surface area contributed by atoms with Gasteiger partial charge in [0.1, 0.15) is 0 Å². The zero-order valence-corrected chi connectivity index (χ0v) is 16.1. The lowest BCUT2D eigenvalue weighted by Gasteiger charge is -2.09. The van der Waals surface area contributed by atoms with Crippen molar-refractivity contribution in [2.45, 2.75) is 6.92 Å². The number of anilines is 1. The number of amides is 1. The van der Waals surface area contributed by atoms with E-state index in [0.717, 1.165) is 11.1 Å².